The first-order valence-electron chi connectivity index (χ1n) is 7.40. The van der Waals surface area contributed by atoms with Crippen molar-refractivity contribution in [2.24, 2.45) is 0 Å². The van der Waals surface area contributed by atoms with Crippen molar-refractivity contribution in [3.05, 3.63) is 58.8 Å². The van der Waals surface area contributed by atoms with Crippen molar-refractivity contribution in [1.29, 1.82) is 0 Å². The zero-order chi connectivity index (χ0) is 16.8. The Labute approximate surface area is 140 Å². The molecule has 0 aliphatic carbocycles. The second-order valence-electron chi connectivity index (χ2n) is 6.68. The highest BCUT2D eigenvalue weighted by atomic mass is 35.5. The molecule has 0 spiro atoms. The van der Waals surface area contributed by atoms with Crippen molar-refractivity contribution in [1.82, 2.24) is 19.6 Å². The van der Waals surface area contributed by atoms with E-state index in [1.54, 1.807) is 20.0 Å². The Hall–Kier alpha value is -1.98. The van der Waals surface area contributed by atoms with E-state index >= 15 is 0 Å². The molecule has 120 valence electrons. The Morgan fingerprint density at radius 2 is 1.70 bits per heavy atom. The molecule has 0 amide bonds. The van der Waals surface area contributed by atoms with Gasteiger partial charge in [0.1, 0.15) is 17.1 Å². The van der Waals surface area contributed by atoms with Crippen LogP contribution < -0.4 is 0 Å². The van der Waals surface area contributed by atoms with Gasteiger partial charge >= 0.3 is 0 Å². The third-order valence-electron chi connectivity index (χ3n) is 4.03. The second kappa shape index (κ2) is 5.28. The minimum atomic E-state index is -1.09. The van der Waals surface area contributed by atoms with Gasteiger partial charge in [-0.2, -0.15) is 0 Å². The molecule has 0 fully saturated rings. The zero-order valence-corrected chi connectivity index (χ0v) is 14.3. The fraction of sp³-hybridized carbons (Fsp3) is 0.353. The lowest BCUT2D eigenvalue weighted by Gasteiger charge is -2.24. The summed E-state index contributed by atoms with van der Waals surface area (Å²) in [7, 11) is 0. The normalized spacial score (nSPS) is 12.8. The van der Waals surface area contributed by atoms with E-state index in [2.05, 4.69) is 29.0 Å². The number of benzene rings is 1. The molecule has 5 nitrogen and oxygen atoms in total. The van der Waals surface area contributed by atoms with E-state index in [0.717, 1.165) is 11.4 Å². The van der Waals surface area contributed by atoms with E-state index < -0.39 is 5.60 Å². The van der Waals surface area contributed by atoms with Gasteiger partial charge < -0.3 is 5.11 Å². The molecule has 0 saturated carbocycles. The van der Waals surface area contributed by atoms with Gasteiger partial charge in [0, 0.05) is 17.4 Å². The monoisotopic (exact) mass is 330 g/mol. The topological polar surface area (TPSA) is 63.3 Å². The molecular weight excluding hydrogens is 312 g/mol. The number of aromatic nitrogens is 4. The van der Waals surface area contributed by atoms with Gasteiger partial charge in [-0.1, -0.05) is 23.7 Å². The first-order valence-corrected chi connectivity index (χ1v) is 7.78. The molecule has 6 heteroatoms. The summed E-state index contributed by atoms with van der Waals surface area (Å²) in [5.41, 5.74) is 0.694. The molecule has 3 aromatic rings. The minimum Gasteiger partial charge on any atom is -0.384 e. The number of halogens is 1. The number of hydrogen-bond donors (Lipinski definition) is 1. The summed E-state index contributed by atoms with van der Waals surface area (Å²) in [5, 5.41) is 19.6. The summed E-state index contributed by atoms with van der Waals surface area (Å²) in [5.74, 6) is 0.780. The third kappa shape index (κ3) is 2.71. The Morgan fingerprint density at radius 3 is 2.30 bits per heavy atom. The van der Waals surface area contributed by atoms with E-state index in [1.807, 2.05) is 34.9 Å². The van der Waals surface area contributed by atoms with E-state index in [0.29, 0.717) is 16.4 Å². The first kappa shape index (κ1) is 15.9. The molecule has 2 aromatic heterocycles. The highest BCUT2D eigenvalue weighted by molar-refractivity contribution is 6.30. The van der Waals surface area contributed by atoms with Gasteiger partial charge in [-0.05, 0) is 45.4 Å². The molecule has 0 saturated heterocycles. The number of hydrogen-bond acceptors (Lipinski definition) is 4. The van der Waals surface area contributed by atoms with Gasteiger partial charge in [-0.3, -0.25) is 9.38 Å². The lowest BCUT2D eigenvalue weighted by Crippen LogP contribution is -2.23. The Kier molecular flexibility index (Phi) is 3.65. The molecule has 0 unspecified atom stereocenters. The Morgan fingerprint density at radius 1 is 1.04 bits per heavy atom. The van der Waals surface area contributed by atoms with E-state index in [9.17, 15) is 5.11 Å². The van der Waals surface area contributed by atoms with Crippen LogP contribution in [0.25, 0.3) is 5.65 Å². The number of nitrogens with zero attached hydrogens (tertiary/aromatic N) is 4. The highest BCUT2D eigenvalue weighted by Gasteiger charge is 2.31. The second-order valence-corrected chi connectivity index (χ2v) is 7.12. The molecule has 1 aromatic carbocycles. The van der Waals surface area contributed by atoms with Crippen molar-refractivity contribution in [3.63, 3.8) is 0 Å². The van der Waals surface area contributed by atoms with Crippen LogP contribution in [-0.4, -0.2) is 24.7 Å². The van der Waals surface area contributed by atoms with Crippen LogP contribution >= 0.6 is 11.6 Å². The zero-order valence-electron chi connectivity index (χ0n) is 13.6. The molecule has 2 heterocycles. The molecule has 23 heavy (non-hydrogen) atoms. The molecule has 0 radical (unpaired) electrons. The summed E-state index contributed by atoms with van der Waals surface area (Å²) in [4.78, 5) is 4.27. The standard InChI is InChI=1S/C17H19ClN4O/c1-16(2,11-5-7-12(18)8-6-11)15-21-20-14-13(17(3,4)23)19-9-10-22(14)15/h5-10,23H,1-4H3. The highest BCUT2D eigenvalue weighted by Crippen LogP contribution is 2.32. The van der Waals surface area contributed by atoms with Crippen LogP contribution in [0.5, 0.6) is 0 Å². The van der Waals surface area contributed by atoms with Crippen molar-refractivity contribution in [2.75, 3.05) is 0 Å². The lowest BCUT2D eigenvalue weighted by atomic mass is 9.84. The largest absolute Gasteiger partial charge is 0.384 e. The summed E-state index contributed by atoms with van der Waals surface area (Å²) in [6.45, 7) is 7.54. The maximum absolute atomic E-state index is 10.3. The van der Waals surface area contributed by atoms with Crippen molar-refractivity contribution >= 4 is 17.2 Å². The lowest BCUT2D eigenvalue weighted by molar-refractivity contribution is 0.0749. The van der Waals surface area contributed by atoms with Crippen LogP contribution in [0.4, 0.5) is 0 Å². The predicted octanol–water partition coefficient (Wildman–Crippen LogP) is 3.33. The smallest absolute Gasteiger partial charge is 0.185 e. The van der Waals surface area contributed by atoms with Crippen molar-refractivity contribution in [3.8, 4) is 0 Å². The average Bonchev–Trinajstić information content (AvgIpc) is 2.91. The average molecular weight is 331 g/mol. The van der Waals surface area contributed by atoms with E-state index in [-0.39, 0.29) is 5.41 Å². The predicted molar refractivity (Wildman–Crippen MR) is 89.6 cm³/mol. The van der Waals surface area contributed by atoms with Crippen LogP contribution in [0.2, 0.25) is 5.02 Å². The quantitative estimate of drug-likeness (QED) is 0.800. The SMILES string of the molecule is CC(C)(O)c1nccn2c(C(C)(C)c3ccc(Cl)cc3)nnc12. The van der Waals surface area contributed by atoms with Crippen LogP contribution in [-0.2, 0) is 11.0 Å². The fourth-order valence-corrected chi connectivity index (χ4v) is 2.81. The third-order valence-corrected chi connectivity index (χ3v) is 4.28. The molecule has 0 aliphatic heterocycles. The van der Waals surface area contributed by atoms with Gasteiger partial charge in [0.2, 0.25) is 0 Å². The number of fused-ring (bicyclic) bond motifs is 1. The maximum Gasteiger partial charge on any atom is 0.185 e. The van der Waals surface area contributed by atoms with Gasteiger partial charge in [-0.25, -0.2) is 0 Å². The van der Waals surface area contributed by atoms with Crippen LogP contribution in [0.3, 0.4) is 0 Å². The van der Waals surface area contributed by atoms with Crippen molar-refractivity contribution < 1.29 is 5.11 Å². The maximum atomic E-state index is 10.3. The molecule has 3 rings (SSSR count). The molecule has 0 atom stereocenters. The molecule has 0 bridgehead atoms. The van der Waals surface area contributed by atoms with Gasteiger partial charge in [0.05, 0.1) is 5.41 Å². The summed E-state index contributed by atoms with van der Waals surface area (Å²) < 4.78 is 1.88. The van der Waals surface area contributed by atoms with Crippen LogP contribution in [0, 0.1) is 0 Å². The Balaban J connectivity index is 2.19. The first-order chi connectivity index (χ1) is 10.7. The number of aliphatic hydroxyl groups is 1. The summed E-state index contributed by atoms with van der Waals surface area (Å²) in [6.07, 6.45) is 3.47. The van der Waals surface area contributed by atoms with Crippen LogP contribution in [0.15, 0.2) is 36.7 Å². The van der Waals surface area contributed by atoms with E-state index in [4.69, 9.17) is 11.6 Å². The molecular formula is C17H19ClN4O. The van der Waals surface area contributed by atoms with Crippen LogP contribution in [0.1, 0.15) is 44.8 Å². The minimum absolute atomic E-state index is 0.373. The number of rotatable bonds is 3. The molecule has 0 aliphatic rings. The summed E-state index contributed by atoms with van der Waals surface area (Å²) >= 11 is 5.98. The Bertz CT molecular complexity index is 847. The van der Waals surface area contributed by atoms with E-state index in [1.165, 1.54) is 0 Å². The van der Waals surface area contributed by atoms with Gasteiger partial charge in [0.15, 0.2) is 5.65 Å². The van der Waals surface area contributed by atoms with Gasteiger partial charge in [-0.15, -0.1) is 10.2 Å². The molecule has 1 N–H and O–H groups in total. The van der Waals surface area contributed by atoms with Crippen molar-refractivity contribution in [2.45, 2.75) is 38.7 Å². The van der Waals surface area contributed by atoms with Gasteiger partial charge in [0.25, 0.3) is 0 Å². The summed E-state index contributed by atoms with van der Waals surface area (Å²) in [6, 6.07) is 7.71. The fourth-order valence-electron chi connectivity index (χ4n) is 2.68.